The van der Waals surface area contributed by atoms with Gasteiger partial charge in [0.05, 0.1) is 5.56 Å². The van der Waals surface area contributed by atoms with Crippen LogP contribution in [0.2, 0.25) is 0 Å². The summed E-state index contributed by atoms with van der Waals surface area (Å²) in [6.45, 7) is 2.16. The fourth-order valence-corrected chi connectivity index (χ4v) is 5.28. The number of benzene rings is 3. The molecule has 1 aliphatic rings. The van der Waals surface area contributed by atoms with Gasteiger partial charge in [-0.1, -0.05) is 31.9 Å². The molecule has 3 aromatic rings. The maximum absolute atomic E-state index is 15.1. The fourth-order valence-electron chi connectivity index (χ4n) is 5.28. The SMILES string of the molecule is CCCC1CCC(c2ccc(-c3cc(F)c(-c4cc(F)c(/C=C/C(F)(F)F)c(F)c4)c(F)c3)c(F)c2)CC1. The lowest BCUT2D eigenvalue weighted by Gasteiger charge is -2.28. The molecule has 0 N–H and O–H groups in total. The molecule has 0 heterocycles. The summed E-state index contributed by atoms with van der Waals surface area (Å²) in [6, 6.07) is 7.43. The maximum Gasteiger partial charge on any atom is 0.409 e. The number of rotatable bonds is 6. The topological polar surface area (TPSA) is 0 Å². The predicted molar refractivity (Wildman–Crippen MR) is 132 cm³/mol. The quantitative estimate of drug-likeness (QED) is 0.274. The van der Waals surface area contributed by atoms with E-state index in [-0.39, 0.29) is 29.2 Å². The molecule has 1 saturated carbocycles. The summed E-state index contributed by atoms with van der Waals surface area (Å²) in [7, 11) is 0. The summed E-state index contributed by atoms with van der Waals surface area (Å²) in [5.41, 5.74) is -1.60. The molecule has 0 atom stereocenters. The molecular weight excluding hydrogens is 512 g/mol. The van der Waals surface area contributed by atoms with Gasteiger partial charge in [0.1, 0.15) is 29.1 Å². The van der Waals surface area contributed by atoms with Crippen LogP contribution in [0.15, 0.2) is 48.5 Å². The van der Waals surface area contributed by atoms with E-state index >= 15 is 4.39 Å². The van der Waals surface area contributed by atoms with E-state index in [1.54, 1.807) is 6.07 Å². The van der Waals surface area contributed by atoms with Crippen molar-refractivity contribution in [2.24, 2.45) is 5.92 Å². The van der Waals surface area contributed by atoms with E-state index in [0.29, 0.717) is 18.1 Å². The predicted octanol–water partition coefficient (Wildman–Crippen LogP) is 10.4. The Morgan fingerprint density at radius 3 is 1.84 bits per heavy atom. The van der Waals surface area contributed by atoms with Crippen molar-refractivity contribution < 1.29 is 35.1 Å². The average molecular weight is 539 g/mol. The highest BCUT2D eigenvalue weighted by Gasteiger charge is 2.25. The van der Waals surface area contributed by atoms with Crippen LogP contribution in [0.25, 0.3) is 28.3 Å². The Morgan fingerprint density at radius 2 is 1.32 bits per heavy atom. The average Bonchev–Trinajstić information content (AvgIpc) is 2.83. The molecule has 0 radical (unpaired) electrons. The van der Waals surface area contributed by atoms with Crippen LogP contribution in [-0.4, -0.2) is 6.18 Å². The summed E-state index contributed by atoms with van der Waals surface area (Å²) < 4.78 is 111. The van der Waals surface area contributed by atoms with Gasteiger partial charge in [-0.15, -0.1) is 0 Å². The van der Waals surface area contributed by atoms with Crippen molar-refractivity contribution in [2.45, 2.75) is 57.5 Å². The number of halogens is 8. The van der Waals surface area contributed by atoms with Crippen molar-refractivity contribution in [3.63, 3.8) is 0 Å². The Hall–Kier alpha value is -3.16. The van der Waals surface area contributed by atoms with Crippen LogP contribution in [0.1, 0.15) is 62.5 Å². The molecule has 0 bridgehead atoms. The smallest absolute Gasteiger partial charge is 0.206 e. The maximum atomic E-state index is 15.1. The second-order valence-electron chi connectivity index (χ2n) is 9.79. The lowest BCUT2D eigenvalue weighted by Crippen LogP contribution is -2.13. The minimum absolute atomic E-state index is 0.0252. The van der Waals surface area contributed by atoms with Gasteiger partial charge in [0.2, 0.25) is 0 Å². The zero-order valence-corrected chi connectivity index (χ0v) is 20.6. The highest BCUT2D eigenvalue weighted by molar-refractivity contribution is 5.73. The van der Waals surface area contributed by atoms with Gasteiger partial charge in [-0.25, -0.2) is 22.0 Å². The van der Waals surface area contributed by atoms with Crippen molar-refractivity contribution >= 4 is 6.08 Å². The van der Waals surface area contributed by atoms with E-state index in [2.05, 4.69) is 6.92 Å². The zero-order valence-electron chi connectivity index (χ0n) is 20.6. The lowest BCUT2D eigenvalue weighted by atomic mass is 9.77. The van der Waals surface area contributed by atoms with Crippen molar-refractivity contribution in [3.8, 4) is 22.3 Å². The third kappa shape index (κ3) is 6.27. The zero-order chi connectivity index (χ0) is 27.6. The second-order valence-corrected chi connectivity index (χ2v) is 9.79. The van der Waals surface area contributed by atoms with E-state index in [1.807, 2.05) is 0 Å². The number of hydrogen-bond acceptors (Lipinski definition) is 0. The third-order valence-corrected chi connectivity index (χ3v) is 7.17. The molecule has 38 heavy (non-hydrogen) atoms. The lowest BCUT2D eigenvalue weighted by molar-refractivity contribution is -0.0790. The molecule has 0 amide bonds. The molecular formula is C30H26F8. The minimum Gasteiger partial charge on any atom is -0.206 e. The van der Waals surface area contributed by atoms with Gasteiger partial charge in [0.25, 0.3) is 0 Å². The molecule has 0 spiro atoms. The van der Waals surface area contributed by atoms with Crippen LogP contribution in [0.3, 0.4) is 0 Å². The van der Waals surface area contributed by atoms with Gasteiger partial charge < -0.3 is 0 Å². The van der Waals surface area contributed by atoms with E-state index in [1.165, 1.54) is 18.6 Å². The third-order valence-electron chi connectivity index (χ3n) is 7.17. The Balaban J connectivity index is 1.60. The molecule has 0 nitrogen and oxygen atoms in total. The van der Waals surface area contributed by atoms with Gasteiger partial charge in [0.15, 0.2) is 0 Å². The molecule has 0 saturated heterocycles. The molecule has 1 fully saturated rings. The van der Waals surface area contributed by atoms with Crippen molar-refractivity contribution in [3.05, 3.63) is 88.8 Å². The summed E-state index contributed by atoms with van der Waals surface area (Å²) >= 11 is 0. The second kappa shape index (κ2) is 11.3. The monoisotopic (exact) mass is 538 g/mol. The Labute approximate surface area is 216 Å². The van der Waals surface area contributed by atoms with E-state index in [9.17, 15) is 30.7 Å². The van der Waals surface area contributed by atoms with Crippen molar-refractivity contribution in [2.75, 3.05) is 0 Å². The molecule has 202 valence electrons. The molecule has 3 aromatic carbocycles. The molecule has 1 aliphatic carbocycles. The largest absolute Gasteiger partial charge is 0.409 e. The number of alkyl halides is 3. The first-order chi connectivity index (χ1) is 18.0. The van der Waals surface area contributed by atoms with Gasteiger partial charge in [0, 0.05) is 17.2 Å². The first kappa shape index (κ1) is 27.9. The summed E-state index contributed by atoms with van der Waals surface area (Å²) in [5.74, 6) is -4.96. The number of hydrogen-bond donors (Lipinski definition) is 0. The first-order valence-corrected chi connectivity index (χ1v) is 12.5. The number of allylic oxidation sites excluding steroid dienone is 1. The van der Waals surface area contributed by atoms with Crippen LogP contribution in [0, 0.1) is 35.0 Å². The Kier molecular flexibility index (Phi) is 8.28. The fraction of sp³-hybridized carbons (Fsp3) is 0.333. The normalized spacial score (nSPS) is 18.3. The van der Waals surface area contributed by atoms with Gasteiger partial charge in [-0.05, 0) is 90.6 Å². The van der Waals surface area contributed by atoms with Crippen molar-refractivity contribution in [1.82, 2.24) is 0 Å². The van der Waals surface area contributed by atoms with Gasteiger partial charge in [-0.3, -0.25) is 0 Å². The summed E-state index contributed by atoms with van der Waals surface area (Å²) in [5, 5.41) is 0. The standard InChI is InChI=1S/C30H26F8/c1-2-3-17-4-6-18(7-5-17)19-8-9-22(24(31)12-19)20-13-27(34)29(28(35)14-20)21-15-25(32)23(26(33)16-21)10-11-30(36,37)38/h8-18H,2-7H2,1H3/b11-10+. The van der Waals surface area contributed by atoms with E-state index < -0.39 is 52.0 Å². The summed E-state index contributed by atoms with van der Waals surface area (Å²) in [6.07, 6.45) is 1.46. The highest BCUT2D eigenvalue weighted by Crippen LogP contribution is 2.39. The molecule has 4 rings (SSSR count). The highest BCUT2D eigenvalue weighted by atomic mass is 19.4. The Bertz CT molecular complexity index is 1280. The van der Waals surface area contributed by atoms with Crippen molar-refractivity contribution in [1.29, 1.82) is 0 Å². The van der Waals surface area contributed by atoms with Crippen LogP contribution >= 0.6 is 0 Å². The summed E-state index contributed by atoms with van der Waals surface area (Å²) in [4.78, 5) is 0. The van der Waals surface area contributed by atoms with E-state index in [0.717, 1.165) is 49.8 Å². The van der Waals surface area contributed by atoms with Crippen LogP contribution < -0.4 is 0 Å². The van der Waals surface area contributed by atoms with Crippen LogP contribution in [0.4, 0.5) is 35.1 Å². The van der Waals surface area contributed by atoms with Gasteiger partial charge >= 0.3 is 6.18 Å². The Morgan fingerprint density at radius 1 is 0.737 bits per heavy atom. The molecule has 0 aromatic heterocycles. The van der Waals surface area contributed by atoms with Gasteiger partial charge in [-0.2, -0.15) is 13.2 Å². The molecule has 0 aliphatic heterocycles. The first-order valence-electron chi connectivity index (χ1n) is 12.5. The minimum atomic E-state index is -4.80. The molecule has 0 unspecified atom stereocenters. The van der Waals surface area contributed by atoms with E-state index in [4.69, 9.17) is 0 Å². The van der Waals surface area contributed by atoms with Crippen LogP contribution in [0.5, 0.6) is 0 Å². The van der Waals surface area contributed by atoms with Crippen LogP contribution in [-0.2, 0) is 0 Å². The molecule has 8 heteroatoms.